The normalized spacial score (nSPS) is 16.9. The van der Waals surface area contributed by atoms with E-state index in [1.807, 2.05) is 88.7 Å². The third kappa shape index (κ3) is 6.55. The molecule has 0 unspecified atom stereocenters. The van der Waals surface area contributed by atoms with Crippen molar-refractivity contribution in [3.8, 4) is 0 Å². The van der Waals surface area contributed by atoms with Crippen LogP contribution in [-0.2, 0) is 0 Å². The van der Waals surface area contributed by atoms with Gasteiger partial charge in [-0.2, -0.15) is 0 Å². The van der Waals surface area contributed by atoms with Crippen LogP contribution < -0.4 is 15.5 Å². The number of hydrogen-bond acceptors (Lipinski definition) is 3. The zero-order chi connectivity index (χ0) is 26.2. The molecule has 3 amide bonds. The fourth-order valence-corrected chi connectivity index (χ4v) is 5.67. The number of nitrogens with one attached hydrogen (secondary N) is 2. The van der Waals surface area contributed by atoms with Gasteiger partial charge in [-0.05, 0) is 68.1 Å². The number of carbonyl (C=O) groups excluding carboxylic acids is 2. The zero-order valence-corrected chi connectivity index (χ0v) is 22.0. The van der Waals surface area contributed by atoms with Crippen LogP contribution in [0, 0.1) is 0 Å². The van der Waals surface area contributed by atoms with Gasteiger partial charge in [-0.15, -0.1) is 0 Å². The molecule has 1 heterocycles. The number of amides is 3. The highest BCUT2D eigenvalue weighted by molar-refractivity contribution is 5.95. The molecule has 0 atom stereocenters. The van der Waals surface area contributed by atoms with E-state index in [1.165, 1.54) is 12.8 Å². The smallest absolute Gasteiger partial charge is 0.322 e. The van der Waals surface area contributed by atoms with Gasteiger partial charge in [0.25, 0.3) is 5.91 Å². The summed E-state index contributed by atoms with van der Waals surface area (Å²) in [5.41, 5.74) is 3.63. The van der Waals surface area contributed by atoms with Crippen LogP contribution in [0.2, 0.25) is 0 Å². The lowest BCUT2D eigenvalue weighted by Gasteiger charge is -2.36. The highest BCUT2D eigenvalue weighted by Gasteiger charge is 2.30. The van der Waals surface area contributed by atoms with Crippen molar-refractivity contribution in [1.82, 2.24) is 10.2 Å². The second kappa shape index (κ2) is 12.6. The molecule has 2 aliphatic rings. The van der Waals surface area contributed by atoms with Crippen LogP contribution in [0.25, 0.3) is 0 Å². The quantitative estimate of drug-likeness (QED) is 0.352. The van der Waals surface area contributed by atoms with E-state index in [4.69, 9.17) is 0 Å². The van der Waals surface area contributed by atoms with E-state index in [2.05, 4.69) is 16.7 Å². The van der Waals surface area contributed by atoms with Crippen molar-refractivity contribution in [2.24, 2.45) is 0 Å². The maximum atomic E-state index is 13.8. The highest BCUT2D eigenvalue weighted by atomic mass is 16.2. The molecule has 38 heavy (non-hydrogen) atoms. The molecular formula is C32H38N4O2. The van der Waals surface area contributed by atoms with Crippen molar-refractivity contribution in [2.75, 3.05) is 23.3 Å². The summed E-state index contributed by atoms with van der Waals surface area (Å²) in [6.07, 6.45) is 8.33. The van der Waals surface area contributed by atoms with Crippen molar-refractivity contribution in [2.45, 2.75) is 63.5 Å². The molecule has 1 saturated heterocycles. The zero-order valence-electron chi connectivity index (χ0n) is 22.0. The fraction of sp³-hybridized carbons (Fsp3) is 0.375. The number of nitrogens with zero attached hydrogens (tertiary/aromatic N) is 2. The van der Waals surface area contributed by atoms with E-state index in [9.17, 15) is 9.59 Å². The lowest BCUT2D eigenvalue weighted by molar-refractivity contribution is 0.0708. The van der Waals surface area contributed by atoms with Crippen molar-refractivity contribution in [1.29, 1.82) is 0 Å². The van der Waals surface area contributed by atoms with Crippen LogP contribution in [-0.4, -0.2) is 42.0 Å². The Morgan fingerprint density at radius 2 is 1.34 bits per heavy atom. The van der Waals surface area contributed by atoms with Crippen LogP contribution in [0.4, 0.5) is 21.9 Å². The van der Waals surface area contributed by atoms with Crippen LogP contribution in [0.1, 0.15) is 61.7 Å². The van der Waals surface area contributed by atoms with E-state index < -0.39 is 0 Å². The molecule has 2 N–H and O–H groups in total. The van der Waals surface area contributed by atoms with Gasteiger partial charge in [0.1, 0.15) is 0 Å². The Labute approximate surface area is 226 Å². The summed E-state index contributed by atoms with van der Waals surface area (Å²) in [6, 6.07) is 27.9. The lowest BCUT2D eigenvalue weighted by atomic mass is 10.0. The third-order valence-corrected chi connectivity index (χ3v) is 7.73. The second-order valence-electron chi connectivity index (χ2n) is 10.4. The molecule has 3 aromatic rings. The molecule has 6 nitrogen and oxygen atoms in total. The average Bonchev–Trinajstić information content (AvgIpc) is 3.24. The first-order chi connectivity index (χ1) is 18.7. The molecule has 0 radical (unpaired) electrons. The Morgan fingerprint density at radius 3 is 2.03 bits per heavy atom. The van der Waals surface area contributed by atoms with E-state index >= 15 is 0 Å². The number of urea groups is 1. The molecule has 1 saturated carbocycles. The van der Waals surface area contributed by atoms with Gasteiger partial charge in [0, 0.05) is 47.8 Å². The average molecular weight is 511 g/mol. The molecule has 5 rings (SSSR count). The first-order valence-corrected chi connectivity index (χ1v) is 14.0. The predicted molar refractivity (Wildman–Crippen MR) is 154 cm³/mol. The minimum absolute atomic E-state index is 0.0263. The number of likely N-dealkylation sites (tertiary alicyclic amines) is 1. The van der Waals surface area contributed by atoms with Gasteiger partial charge in [0.05, 0.1) is 0 Å². The molecule has 0 aromatic heterocycles. The largest absolute Gasteiger partial charge is 0.355 e. The summed E-state index contributed by atoms with van der Waals surface area (Å²) in [5.74, 6) is 0.0678. The minimum Gasteiger partial charge on any atom is -0.355 e. The molecule has 0 bridgehead atoms. The van der Waals surface area contributed by atoms with Crippen LogP contribution >= 0.6 is 0 Å². The number of para-hydroxylation sites is 1. The van der Waals surface area contributed by atoms with Crippen molar-refractivity contribution < 1.29 is 9.59 Å². The third-order valence-electron chi connectivity index (χ3n) is 7.73. The van der Waals surface area contributed by atoms with Crippen molar-refractivity contribution in [3.05, 3.63) is 90.5 Å². The maximum Gasteiger partial charge on any atom is 0.322 e. The number of anilines is 3. The van der Waals surface area contributed by atoms with Gasteiger partial charge in [-0.3, -0.25) is 9.69 Å². The molecule has 6 heteroatoms. The number of benzene rings is 3. The Balaban J connectivity index is 1.28. The SMILES string of the molecule is O=C(c1ccccc1)N1CCC(NC(=O)N(c2cccc(Nc3ccccc3)c2)C2CCCCCC2)CC1. The first-order valence-electron chi connectivity index (χ1n) is 14.0. The van der Waals surface area contributed by atoms with E-state index in [1.54, 1.807) is 0 Å². The standard InChI is InChI=1S/C32H38N4O2/c37-31(25-12-5-3-6-13-25)35-22-20-27(21-23-35)34-32(38)36(29-17-9-1-2-10-18-29)30-19-11-16-28(24-30)33-26-14-7-4-8-15-26/h3-8,11-16,19,24,27,29,33H,1-2,9-10,17-18,20-23H2,(H,34,38). The second-order valence-corrected chi connectivity index (χ2v) is 10.4. The summed E-state index contributed by atoms with van der Waals surface area (Å²) in [4.78, 5) is 30.6. The maximum absolute atomic E-state index is 13.8. The number of piperidine rings is 1. The van der Waals surface area contributed by atoms with E-state index in [-0.39, 0.29) is 24.0 Å². The number of rotatable bonds is 6. The van der Waals surface area contributed by atoms with Crippen LogP contribution in [0.5, 0.6) is 0 Å². The molecule has 1 aliphatic heterocycles. The number of carbonyl (C=O) groups is 2. The molecule has 1 aliphatic carbocycles. The van der Waals surface area contributed by atoms with Gasteiger partial charge >= 0.3 is 6.03 Å². The summed E-state index contributed by atoms with van der Waals surface area (Å²) in [5, 5.41) is 6.80. The topological polar surface area (TPSA) is 64.7 Å². The molecule has 0 spiro atoms. The Kier molecular flexibility index (Phi) is 8.59. The fourth-order valence-electron chi connectivity index (χ4n) is 5.67. The van der Waals surface area contributed by atoms with Gasteiger partial charge in [-0.1, -0.05) is 68.1 Å². The van der Waals surface area contributed by atoms with Gasteiger partial charge in [-0.25, -0.2) is 4.79 Å². The van der Waals surface area contributed by atoms with Crippen LogP contribution in [0.15, 0.2) is 84.9 Å². The Morgan fingerprint density at radius 1 is 0.711 bits per heavy atom. The summed E-state index contributed by atoms with van der Waals surface area (Å²) < 4.78 is 0. The van der Waals surface area contributed by atoms with Gasteiger partial charge in [0.2, 0.25) is 0 Å². The summed E-state index contributed by atoms with van der Waals surface area (Å²) >= 11 is 0. The monoisotopic (exact) mass is 510 g/mol. The Bertz CT molecular complexity index is 1180. The summed E-state index contributed by atoms with van der Waals surface area (Å²) in [6.45, 7) is 1.30. The number of hydrogen-bond donors (Lipinski definition) is 2. The van der Waals surface area contributed by atoms with E-state index in [0.717, 1.165) is 61.2 Å². The Hall–Kier alpha value is -3.80. The van der Waals surface area contributed by atoms with Gasteiger partial charge < -0.3 is 15.5 Å². The van der Waals surface area contributed by atoms with Crippen molar-refractivity contribution >= 4 is 29.0 Å². The summed E-state index contributed by atoms with van der Waals surface area (Å²) in [7, 11) is 0. The first kappa shape index (κ1) is 25.8. The van der Waals surface area contributed by atoms with E-state index in [0.29, 0.717) is 13.1 Å². The van der Waals surface area contributed by atoms with Crippen molar-refractivity contribution in [3.63, 3.8) is 0 Å². The molecule has 2 fully saturated rings. The molecular weight excluding hydrogens is 472 g/mol. The predicted octanol–water partition coefficient (Wildman–Crippen LogP) is 6.97. The molecule has 3 aromatic carbocycles. The lowest BCUT2D eigenvalue weighted by Crippen LogP contribution is -2.52. The van der Waals surface area contributed by atoms with Gasteiger partial charge in [0.15, 0.2) is 0 Å². The minimum atomic E-state index is -0.0263. The molecule has 198 valence electrons. The highest BCUT2D eigenvalue weighted by Crippen LogP contribution is 2.30. The van der Waals surface area contributed by atoms with Crippen LogP contribution in [0.3, 0.4) is 0 Å².